The lowest BCUT2D eigenvalue weighted by Gasteiger charge is -2.34. The van der Waals surface area contributed by atoms with Gasteiger partial charge in [0.15, 0.2) is 0 Å². The Morgan fingerprint density at radius 2 is 2.20 bits per heavy atom. The summed E-state index contributed by atoms with van der Waals surface area (Å²) < 4.78 is 7.59. The van der Waals surface area contributed by atoms with Gasteiger partial charge in [-0.05, 0) is 13.8 Å². The van der Waals surface area contributed by atoms with Gasteiger partial charge in [-0.15, -0.1) is 10.2 Å². The molecule has 3 heterocycles. The van der Waals surface area contributed by atoms with Crippen LogP contribution in [0.15, 0.2) is 0 Å². The average molecular weight is 279 g/mol. The van der Waals surface area contributed by atoms with Gasteiger partial charge in [-0.2, -0.15) is 0 Å². The molecule has 1 fully saturated rings. The lowest BCUT2D eigenvalue weighted by Crippen LogP contribution is -2.49. The van der Waals surface area contributed by atoms with Crippen molar-refractivity contribution in [2.45, 2.75) is 33.0 Å². The van der Waals surface area contributed by atoms with Crippen molar-refractivity contribution in [2.75, 3.05) is 32.8 Å². The Labute approximate surface area is 118 Å². The first-order chi connectivity index (χ1) is 9.63. The monoisotopic (exact) mass is 279 g/mol. The molecule has 2 aliphatic heterocycles. The third kappa shape index (κ3) is 2.69. The van der Waals surface area contributed by atoms with Crippen LogP contribution in [0.4, 0.5) is 0 Å². The molecule has 1 unspecified atom stereocenters. The van der Waals surface area contributed by atoms with E-state index in [2.05, 4.69) is 19.7 Å². The summed E-state index contributed by atoms with van der Waals surface area (Å²) in [5.74, 6) is 2.09. The molecule has 0 bridgehead atoms. The highest BCUT2D eigenvalue weighted by molar-refractivity contribution is 5.78. The molecule has 1 aromatic heterocycles. The third-order valence-electron chi connectivity index (χ3n) is 3.97. The minimum Gasteiger partial charge on any atom is -0.375 e. The number of morpholine rings is 1. The Morgan fingerprint density at radius 1 is 1.35 bits per heavy atom. The van der Waals surface area contributed by atoms with E-state index >= 15 is 0 Å². The molecule has 110 valence electrons. The zero-order valence-corrected chi connectivity index (χ0v) is 12.1. The summed E-state index contributed by atoms with van der Waals surface area (Å²) in [5.41, 5.74) is 0. The number of amides is 1. The van der Waals surface area contributed by atoms with Gasteiger partial charge in [0.25, 0.3) is 0 Å². The van der Waals surface area contributed by atoms with Crippen molar-refractivity contribution in [1.82, 2.24) is 24.6 Å². The van der Waals surface area contributed by atoms with E-state index in [4.69, 9.17) is 4.74 Å². The molecule has 2 aliphatic rings. The van der Waals surface area contributed by atoms with Crippen molar-refractivity contribution in [1.29, 1.82) is 0 Å². The molecule has 1 atom stereocenters. The van der Waals surface area contributed by atoms with Crippen molar-refractivity contribution in [3.63, 3.8) is 0 Å². The second-order valence-corrected chi connectivity index (χ2v) is 5.55. The van der Waals surface area contributed by atoms with Crippen molar-refractivity contribution in [3.8, 4) is 0 Å². The van der Waals surface area contributed by atoms with Gasteiger partial charge in [0.05, 0.1) is 25.8 Å². The summed E-state index contributed by atoms with van der Waals surface area (Å²) in [6, 6.07) is 0. The Morgan fingerprint density at radius 3 is 3.00 bits per heavy atom. The molecule has 0 saturated carbocycles. The normalized spacial score (nSPS) is 23.7. The van der Waals surface area contributed by atoms with E-state index in [9.17, 15) is 4.79 Å². The van der Waals surface area contributed by atoms with Crippen molar-refractivity contribution >= 4 is 5.91 Å². The fourth-order valence-electron chi connectivity index (χ4n) is 2.82. The molecule has 1 aromatic rings. The Kier molecular flexibility index (Phi) is 3.71. The minimum atomic E-state index is 0.139. The van der Waals surface area contributed by atoms with Crippen molar-refractivity contribution in [3.05, 3.63) is 11.6 Å². The zero-order valence-electron chi connectivity index (χ0n) is 12.1. The molecule has 7 nitrogen and oxygen atoms in total. The van der Waals surface area contributed by atoms with Crippen molar-refractivity contribution in [2.24, 2.45) is 0 Å². The smallest absolute Gasteiger partial charge is 0.236 e. The van der Waals surface area contributed by atoms with E-state index < -0.39 is 0 Å². The fourth-order valence-corrected chi connectivity index (χ4v) is 2.82. The molecule has 0 spiro atoms. The van der Waals surface area contributed by atoms with Gasteiger partial charge in [0, 0.05) is 26.2 Å². The largest absolute Gasteiger partial charge is 0.375 e. The molecule has 1 amide bonds. The first-order valence-electron chi connectivity index (χ1n) is 7.14. The van der Waals surface area contributed by atoms with Gasteiger partial charge in [0.2, 0.25) is 5.91 Å². The van der Waals surface area contributed by atoms with Gasteiger partial charge in [-0.1, -0.05) is 0 Å². The highest BCUT2D eigenvalue weighted by atomic mass is 16.5. The highest BCUT2D eigenvalue weighted by Crippen LogP contribution is 2.12. The van der Waals surface area contributed by atoms with Crippen LogP contribution in [0.2, 0.25) is 0 Å². The number of nitrogens with zero attached hydrogens (tertiary/aromatic N) is 5. The summed E-state index contributed by atoms with van der Waals surface area (Å²) in [7, 11) is 0. The maximum atomic E-state index is 12.3. The molecule has 0 radical (unpaired) electrons. The summed E-state index contributed by atoms with van der Waals surface area (Å²) in [4.78, 5) is 16.4. The number of ether oxygens (including phenoxy) is 1. The summed E-state index contributed by atoms with van der Waals surface area (Å²) >= 11 is 0. The quantitative estimate of drug-likeness (QED) is 0.740. The first kappa shape index (κ1) is 13.5. The van der Waals surface area contributed by atoms with Gasteiger partial charge in [0.1, 0.15) is 11.6 Å². The molecule has 0 aromatic carbocycles. The van der Waals surface area contributed by atoms with Gasteiger partial charge in [-0.3, -0.25) is 9.69 Å². The van der Waals surface area contributed by atoms with Gasteiger partial charge in [-0.25, -0.2) is 0 Å². The Bertz CT molecular complexity index is 501. The Balaban J connectivity index is 1.57. The maximum Gasteiger partial charge on any atom is 0.236 e. The number of carbonyl (C=O) groups excluding carboxylic acids is 1. The molecule has 1 saturated heterocycles. The van der Waals surface area contributed by atoms with Crippen LogP contribution in [0.1, 0.15) is 18.6 Å². The van der Waals surface area contributed by atoms with Crippen LogP contribution in [0.5, 0.6) is 0 Å². The number of aryl methyl sites for hydroxylation is 1. The lowest BCUT2D eigenvalue weighted by atomic mass is 10.2. The first-order valence-corrected chi connectivity index (χ1v) is 7.14. The third-order valence-corrected chi connectivity index (χ3v) is 3.97. The van der Waals surface area contributed by atoms with E-state index in [0.717, 1.165) is 24.7 Å². The number of hydrogen-bond donors (Lipinski definition) is 0. The van der Waals surface area contributed by atoms with E-state index in [1.165, 1.54) is 0 Å². The fraction of sp³-hybridized carbons (Fsp3) is 0.769. The van der Waals surface area contributed by atoms with Gasteiger partial charge >= 0.3 is 0 Å². The van der Waals surface area contributed by atoms with E-state index in [-0.39, 0.29) is 12.0 Å². The van der Waals surface area contributed by atoms with E-state index in [1.54, 1.807) is 0 Å². The topological polar surface area (TPSA) is 63.5 Å². The molecule has 7 heteroatoms. The molecule has 0 N–H and O–H groups in total. The number of carbonyl (C=O) groups is 1. The lowest BCUT2D eigenvalue weighted by molar-refractivity contribution is -0.139. The standard InChI is InChI=1S/C13H21N5O2/c1-10-7-17(5-6-20-10)13(19)9-16-3-4-18-11(2)14-15-12(18)8-16/h10H,3-9H2,1-2H3. The summed E-state index contributed by atoms with van der Waals surface area (Å²) in [6.45, 7) is 8.90. The van der Waals surface area contributed by atoms with Gasteiger partial charge < -0.3 is 14.2 Å². The maximum absolute atomic E-state index is 12.3. The molecular weight excluding hydrogens is 258 g/mol. The number of rotatable bonds is 2. The van der Waals surface area contributed by atoms with Crippen molar-refractivity contribution < 1.29 is 9.53 Å². The van der Waals surface area contributed by atoms with Crippen LogP contribution in [-0.2, 0) is 22.6 Å². The Hall–Kier alpha value is -1.47. The van der Waals surface area contributed by atoms with E-state index in [0.29, 0.717) is 32.8 Å². The molecule has 20 heavy (non-hydrogen) atoms. The van der Waals surface area contributed by atoms with Crippen LogP contribution in [-0.4, -0.2) is 69.4 Å². The van der Waals surface area contributed by atoms with Crippen LogP contribution in [0, 0.1) is 6.92 Å². The van der Waals surface area contributed by atoms with Crippen LogP contribution in [0.3, 0.4) is 0 Å². The SMILES string of the molecule is Cc1nnc2n1CCN(CC(=O)N1CCOC(C)C1)C2. The second-order valence-electron chi connectivity index (χ2n) is 5.55. The number of aromatic nitrogens is 3. The number of hydrogen-bond acceptors (Lipinski definition) is 5. The van der Waals surface area contributed by atoms with E-state index in [1.807, 2.05) is 18.7 Å². The predicted octanol–water partition coefficient (Wildman–Crippen LogP) is -0.351. The zero-order chi connectivity index (χ0) is 14.1. The minimum absolute atomic E-state index is 0.139. The molecule has 0 aliphatic carbocycles. The second kappa shape index (κ2) is 5.49. The summed E-state index contributed by atoms with van der Waals surface area (Å²) in [5, 5.41) is 8.25. The van der Waals surface area contributed by atoms with Crippen LogP contribution >= 0.6 is 0 Å². The summed E-state index contributed by atoms with van der Waals surface area (Å²) in [6.07, 6.45) is 0.139. The average Bonchev–Trinajstić information content (AvgIpc) is 2.80. The van der Waals surface area contributed by atoms with Crippen LogP contribution in [0.25, 0.3) is 0 Å². The van der Waals surface area contributed by atoms with Crippen LogP contribution < -0.4 is 0 Å². The molecule has 3 rings (SSSR count). The number of fused-ring (bicyclic) bond motifs is 1. The predicted molar refractivity (Wildman–Crippen MR) is 72.0 cm³/mol. The highest BCUT2D eigenvalue weighted by Gasteiger charge is 2.25. The molecular formula is C13H21N5O2.